The van der Waals surface area contributed by atoms with Crippen molar-refractivity contribution in [2.45, 2.75) is 12.8 Å². The summed E-state index contributed by atoms with van der Waals surface area (Å²) in [6.07, 6.45) is 5.07. The number of halogens is 3. The Morgan fingerprint density at radius 2 is 1.93 bits per heavy atom. The third-order valence-electron chi connectivity index (χ3n) is 4.55. The quantitative estimate of drug-likeness (QED) is 0.262. The highest BCUT2D eigenvalue weighted by atomic mass is 127. The molecule has 0 atom stereocenters. The van der Waals surface area contributed by atoms with Crippen molar-refractivity contribution in [3.05, 3.63) is 52.5 Å². The van der Waals surface area contributed by atoms with Gasteiger partial charge in [0.1, 0.15) is 5.82 Å². The Balaban J connectivity index is 0.00000280. The first kappa shape index (κ1) is 22.8. The van der Waals surface area contributed by atoms with E-state index in [2.05, 4.69) is 46.0 Å². The number of benzene rings is 1. The lowest BCUT2D eigenvalue weighted by Crippen LogP contribution is -2.53. The molecule has 0 unspecified atom stereocenters. The molecule has 1 aromatic carbocycles. The van der Waals surface area contributed by atoms with Gasteiger partial charge in [-0.2, -0.15) is 0 Å². The molecule has 1 N–H and O–H groups in total. The Morgan fingerprint density at radius 3 is 2.57 bits per heavy atom. The Bertz CT molecular complexity index is 768. The van der Waals surface area contributed by atoms with Crippen molar-refractivity contribution in [2.24, 2.45) is 4.99 Å². The zero-order chi connectivity index (χ0) is 19.1. The number of guanidine groups is 1. The lowest BCUT2D eigenvalue weighted by atomic mass is 10.1. The minimum Gasteiger partial charge on any atom is -0.356 e. The van der Waals surface area contributed by atoms with Crippen molar-refractivity contribution in [3.63, 3.8) is 0 Å². The molecule has 0 bridgehead atoms. The van der Waals surface area contributed by atoms with Crippen LogP contribution in [0.4, 0.5) is 10.3 Å². The zero-order valence-electron chi connectivity index (χ0n) is 15.8. The van der Waals surface area contributed by atoms with Crippen LogP contribution in [-0.4, -0.2) is 60.6 Å². The normalized spacial score (nSPS) is 14.6. The van der Waals surface area contributed by atoms with E-state index in [0.717, 1.165) is 61.1 Å². The number of hydrogen-bond acceptors (Lipinski definition) is 4. The molecule has 1 aromatic heterocycles. The van der Waals surface area contributed by atoms with Gasteiger partial charge in [-0.3, -0.25) is 4.99 Å². The zero-order valence-corrected chi connectivity index (χ0v) is 19.7. The first-order chi connectivity index (χ1) is 13.2. The van der Waals surface area contributed by atoms with Crippen molar-refractivity contribution in [1.29, 1.82) is 0 Å². The summed E-state index contributed by atoms with van der Waals surface area (Å²) in [6, 6.07) is 7.04. The molecule has 0 spiro atoms. The summed E-state index contributed by atoms with van der Waals surface area (Å²) in [4.78, 5) is 17.4. The van der Waals surface area contributed by atoms with Crippen LogP contribution in [0.2, 0.25) is 0 Å². The molecule has 9 heteroatoms. The van der Waals surface area contributed by atoms with Gasteiger partial charge in [-0.1, -0.05) is 22.0 Å². The number of aromatic nitrogens is 2. The van der Waals surface area contributed by atoms with Gasteiger partial charge in [-0.05, 0) is 36.6 Å². The SMILES string of the molecule is CN=C(NCCCc1ccc(Br)cc1F)N1CCN(c2ncccn2)CC1.I. The molecule has 1 saturated heterocycles. The molecule has 1 fully saturated rings. The third kappa shape index (κ3) is 6.26. The fraction of sp³-hybridized carbons (Fsp3) is 0.421. The van der Waals surface area contributed by atoms with Crippen LogP contribution in [-0.2, 0) is 6.42 Å². The standard InChI is InChI=1S/C19H24BrFN6.HI/c1-22-18(23-7-2-4-15-5-6-16(20)14-17(15)21)26-10-12-27(13-11-26)19-24-8-3-9-25-19;/h3,5-6,8-9,14H,2,4,7,10-13H2,1H3,(H,22,23);1H. The van der Waals surface area contributed by atoms with E-state index in [1.165, 1.54) is 6.07 Å². The molecule has 2 aromatic rings. The van der Waals surface area contributed by atoms with E-state index in [0.29, 0.717) is 6.42 Å². The summed E-state index contributed by atoms with van der Waals surface area (Å²) in [7, 11) is 1.80. The maximum Gasteiger partial charge on any atom is 0.225 e. The van der Waals surface area contributed by atoms with Crippen molar-refractivity contribution in [1.82, 2.24) is 20.2 Å². The summed E-state index contributed by atoms with van der Waals surface area (Å²) in [6.45, 7) is 4.19. The van der Waals surface area contributed by atoms with Crippen molar-refractivity contribution in [2.75, 3.05) is 44.7 Å². The topological polar surface area (TPSA) is 56.7 Å². The second-order valence-electron chi connectivity index (χ2n) is 6.34. The highest BCUT2D eigenvalue weighted by molar-refractivity contribution is 14.0. The smallest absolute Gasteiger partial charge is 0.225 e. The first-order valence-corrected chi connectivity index (χ1v) is 9.88. The summed E-state index contributed by atoms with van der Waals surface area (Å²) >= 11 is 3.28. The molecule has 0 aliphatic carbocycles. The van der Waals surface area contributed by atoms with Gasteiger partial charge >= 0.3 is 0 Å². The minimum absolute atomic E-state index is 0. The van der Waals surface area contributed by atoms with Gasteiger partial charge in [0.05, 0.1) is 0 Å². The highest BCUT2D eigenvalue weighted by Crippen LogP contribution is 2.16. The number of aryl methyl sites for hydroxylation is 1. The third-order valence-corrected chi connectivity index (χ3v) is 5.04. The first-order valence-electron chi connectivity index (χ1n) is 9.09. The van der Waals surface area contributed by atoms with Crippen LogP contribution in [0, 0.1) is 5.82 Å². The molecule has 0 saturated carbocycles. The van der Waals surface area contributed by atoms with Crippen LogP contribution >= 0.6 is 39.9 Å². The number of nitrogens with zero attached hydrogens (tertiary/aromatic N) is 5. The lowest BCUT2D eigenvalue weighted by molar-refractivity contribution is 0.370. The molecular weight excluding hydrogens is 538 g/mol. The van der Waals surface area contributed by atoms with Crippen molar-refractivity contribution < 1.29 is 4.39 Å². The largest absolute Gasteiger partial charge is 0.356 e. The Hall–Kier alpha value is -1.49. The average molecular weight is 563 g/mol. The number of hydrogen-bond donors (Lipinski definition) is 1. The summed E-state index contributed by atoms with van der Waals surface area (Å²) in [5.74, 6) is 1.50. The Labute approximate surface area is 190 Å². The number of nitrogens with one attached hydrogen (secondary N) is 1. The molecule has 1 aliphatic heterocycles. The van der Waals surface area contributed by atoms with Crippen LogP contribution in [0.1, 0.15) is 12.0 Å². The van der Waals surface area contributed by atoms with E-state index in [1.807, 2.05) is 18.2 Å². The predicted octanol–water partition coefficient (Wildman–Crippen LogP) is 3.33. The van der Waals surface area contributed by atoms with E-state index in [-0.39, 0.29) is 29.8 Å². The Morgan fingerprint density at radius 1 is 1.21 bits per heavy atom. The fourth-order valence-corrected chi connectivity index (χ4v) is 3.44. The Kier molecular flexibility index (Phi) is 9.36. The number of piperazine rings is 1. The molecule has 28 heavy (non-hydrogen) atoms. The molecule has 2 heterocycles. The molecule has 3 rings (SSSR count). The number of rotatable bonds is 5. The van der Waals surface area contributed by atoms with Gasteiger partial charge in [0.25, 0.3) is 0 Å². The monoisotopic (exact) mass is 562 g/mol. The predicted molar refractivity (Wildman–Crippen MR) is 125 cm³/mol. The van der Waals surface area contributed by atoms with Gasteiger partial charge in [-0.25, -0.2) is 14.4 Å². The molecule has 1 aliphatic rings. The number of anilines is 1. The second-order valence-corrected chi connectivity index (χ2v) is 7.25. The van der Waals surface area contributed by atoms with E-state index in [4.69, 9.17) is 0 Å². The maximum absolute atomic E-state index is 13.9. The van der Waals surface area contributed by atoms with Gasteiger partial charge in [0.15, 0.2) is 5.96 Å². The lowest BCUT2D eigenvalue weighted by Gasteiger charge is -2.36. The van der Waals surface area contributed by atoms with E-state index in [9.17, 15) is 4.39 Å². The van der Waals surface area contributed by atoms with E-state index < -0.39 is 0 Å². The van der Waals surface area contributed by atoms with Crippen LogP contribution in [0.15, 0.2) is 46.1 Å². The van der Waals surface area contributed by atoms with Gasteiger partial charge in [0.2, 0.25) is 5.95 Å². The second kappa shape index (κ2) is 11.5. The summed E-state index contributed by atoms with van der Waals surface area (Å²) < 4.78 is 14.6. The maximum atomic E-state index is 13.9. The van der Waals surface area contributed by atoms with Gasteiger partial charge < -0.3 is 15.1 Å². The van der Waals surface area contributed by atoms with Crippen LogP contribution in [0.5, 0.6) is 0 Å². The molecule has 152 valence electrons. The average Bonchev–Trinajstić information content (AvgIpc) is 2.70. The van der Waals surface area contributed by atoms with Crippen molar-refractivity contribution in [3.8, 4) is 0 Å². The molecule has 0 radical (unpaired) electrons. The molecule has 6 nitrogen and oxygen atoms in total. The van der Waals surface area contributed by atoms with E-state index in [1.54, 1.807) is 19.4 Å². The number of aliphatic imine (C=N–C) groups is 1. The van der Waals surface area contributed by atoms with Gasteiger partial charge in [-0.15, -0.1) is 24.0 Å². The molecular formula is C19H25BrFIN6. The fourth-order valence-electron chi connectivity index (χ4n) is 3.11. The van der Waals surface area contributed by atoms with E-state index >= 15 is 0 Å². The van der Waals surface area contributed by atoms with Crippen LogP contribution in [0.3, 0.4) is 0 Å². The molecule has 0 amide bonds. The van der Waals surface area contributed by atoms with Crippen LogP contribution < -0.4 is 10.2 Å². The van der Waals surface area contributed by atoms with Gasteiger partial charge in [0, 0.05) is 56.6 Å². The minimum atomic E-state index is -0.159. The summed E-state index contributed by atoms with van der Waals surface area (Å²) in [5, 5.41) is 3.39. The summed E-state index contributed by atoms with van der Waals surface area (Å²) in [5.41, 5.74) is 0.742. The highest BCUT2D eigenvalue weighted by Gasteiger charge is 2.20. The van der Waals surface area contributed by atoms with Crippen molar-refractivity contribution >= 4 is 51.8 Å². The van der Waals surface area contributed by atoms with Crippen LogP contribution in [0.25, 0.3) is 0 Å².